The van der Waals surface area contributed by atoms with Gasteiger partial charge < -0.3 is 4.74 Å². The van der Waals surface area contributed by atoms with E-state index >= 15 is 0 Å². The Morgan fingerprint density at radius 1 is 1.17 bits per heavy atom. The Labute approximate surface area is 150 Å². The smallest absolute Gasteiger partial charge is 0.337 e. The molecule has 0 aliphatic heterocycles. The highest BCUT2D eigenvalue weighted by Crippen LogP contribution is 2.27. The molecule has 8 heteroatoms. The first-order valence-corrected chi connectivity index (χ1v) is 9.14. The van der Waals surface area contributed by atoms with E-state index in [0.717, 1.165) is 0 Å². The van der Waals surface area contributed by atoms with Gasteiger partial charge in [-0.15, -0.1) is 0 Å². The average molecular weight is 388 g/mol. The SMILES string of the molecule is COC(=O)c1cccc(S(=O)(=O)NC(C)c2ccc(Cl)cc2Cl)c1. The minimum absolute atomic E-state index is 0.0395. The van der Waals surface area contributed by atoms with Gasteiger partial charge in [0.2, 0.25) is 10.0 Å². The number of sulfonamides is 1. The van der Waals surface area contributed by atoms with E-state index in [1.165, 1.54) is 31.4 Å². The molecule has 1 atom stereocenters. The Hall–Kier alpha value is -1.60. The number of nitrogens with one attached hydrogen (secondary N) is 1. The van der Waals surface area contributed by atoms with Gasteiger partial charge in [0.15, 0.2) is 0 Å². The zero-order chi connectivity index (χ0) is 17.9. The summed E-state index contributed by atoms with van der Waals surface area (Å²) in [6.07, 6.45) is 0. The molecule has 0 radical (unpaired) electrons. The molecule has 0 saturated carbocycles. The summed E-state index contributed by atoms with van der Waals surface area (Å²) in [7, 11) is -2.62. The molecule has 2 aromatic rings. The van der Waals surface area contributed by atoms with Gasteiger partial charge in [-0.05, 0) is 42.8 Å². The van der Waals surface area contributed by atoms with Crippen molar-refractivity contribution in [1.82, 2.24) is 4.72 Å². The number of methoxy groups -OCH3 is 1. The maximum Gasteiger partial charge on any atom is 0.337 e. The van der Waals surface area contributed by atoms with E-state index in [1.54, 1.807) is 25.1 Å². The second kappa shape index (κ2) is 7.53. The largest absolute Gasteiger partial charge is 0.465 e. The summed E-state index contributed by atoms with van der Waals surface area (Å²) >= 11 is 11.9. The lowest BCUT2D eigenvalue weighted by atomic mass is 10.1. The monoisotopic (exact) mass is 387 g/mol. The van der Waals surface area contributed by atoms with Crippen LogP contribution in [0.4, 0.5) is 0 Å². The van der Waals surface area contributed by atoms with Crippen LogP contribution in [0.1, 0.15) is 28.9 Å². The average Bonchev–Trinajstić information content (AvgIpc) is 2.53. The predicted octanol–water partition coefficient (Wildman–Crippen LogP) is 3.82. The Balaban J connectivity index is 2.29. The molecule has 0 aliphatic carbocycles. The van der Waals surface area contributed by atoms with E-state index in [9.17, 15) is 13.2 Å². The zero-order valence-corrected chi connectivity index (χ0v) is 15.2. The summed E-state index contributed by atoms with van der Waals surface area (Å²) in [5.74, 6) is -0.610. The number of rotatable bonds is 5. The molecule has 0 fully saturated rings. The van der Waals surface area contributed by atoms with Gasteiger partial charge in [-0.2, -0.15) is 0 Å². The number of esters is 1. The number of halogens is 2. The number of carbonyl (C=O) groups is 1. The van der Waals surface area contributed by atoms with Crippen LogP contribution in [0.3, 0.4) is 0 Å². The van der Waals surface area contributed by atoms with Crippen molar-refractivity contribution in [1.29, 1.82) is 0 Å². The summed E-state index contributed by atoms with van der Waals surface area (Å²) < 4.78 is 32.2. The number of carbonyl (C=O) groups excluding carboxylic acids is 1. The van der Waals surface area contributed by atoms with Crippen molar-refractivity contribution in [2.75, 3.05) is 7.11 Å². The topological polar surface area (TPSA) is 72.5 Å². The first-order chi connectivity index (χ1) is 11.2. The second-order valence-electron chi connectivity index (χ2n) is 5.03. The Kier molecular flexibility index (Phi) is 5.87. The third kappa shape index (κ3) is 4.27. The maximum atomic E-state index is 12.5. The first-order valence-electron chi connectivity index (χ1n) is 6.90. The summed E-state index contributed by atoms with van der Waals surface area (Å²) in [6.45, 7) is 1.66. The fourth-order valence-corrected chi connectivity index (χ4v) is 3.97. The van der Waals surface area contributed by atoms with E-state index < -0.39 is 22.0 Å². The number of benzene rings is 2. The van der Waals surface area contributed by atoms with Crippen LogP contribution in [-0.4, -0.2) is 21.5 Å². The van der Waals surface area contributed by atoms with Crippen LogP contribution in [0.2, 0.25) is 10.0 Å². The van der Waals surface area contributed by atoms with Gasteiger partial charge in [0.1, 0.15) is 0 Å². The van der Waals surface area contributed by atoms with Crippen molar-refractivity contribution >= 4 is 39.2 Å². The fraction of sp³-hybridized carbons (Fsp3) is 0.188. The number of hydrogen-bond donors (Lipinski definition) is 1. The summed E-state index contributed by atoms with van der Waals surface area (Å²) in [6, 6.07) is 9.84. The van der Waals surface area contributed by atoms with E-state index in [1.807, 2.05) is 0 Å². The Morgan fingerprint density at radius 2 is 1.88 bits per heavy atom. The number of ether oxygens (including phenoxy) is 1. The lowest BCUT2D eigenvalue weighted by Crippen LogP contribution is -2.27. The molecule has 0 saturated heterocycles. The van der Waals surface area contributed by atoms with Gasteiger partial charge in [-0.1, -0.05) is 35.3 Å². The van der Waals surface area contributed by atoms with Crippen molar-refractivity contribution in [2.24, 2.45) is 0 Å². The third-order valence-corrected chi connectivity index (χ3v) is 5.43. The van der Waals surface area contributed by atoms with Gasteiger partial charge in [0.25, 0.3) is 0 Å². The molecule has 1 N–H and O–H groups in total. The van der Waals surface area contributed by atoms with Gasteiger partial charge in [-0.3, -0.25) is 0 Å². The van der Waals surface area contributed by atoms with E-state index in [-0.39, 0.29) is 10.5 Å². The molecule has 0 aromatic heterocycles. The van der Waals surface area contributed by atoms with Crippen molar-refractivity contribution < 1.29 is 17.9 Å². The predicted molar refractivity (Wildman–Crippen MR) is 93.0 cm³/mol. The van der Waals surface area contributed by atoms with Gasteiger partial charge >= 0.3 is 5.97 Å². The Morgan fingerprint density at radius 3 is 2.50 bits per heavy atom. The number of hydrogen-bond acceptors (Lipinski definition) is 4. The van der Waals surface area contributed by atoms with Crippen molar-refractivity contribution in [3.63, 3.8) is 0 Å². The molecular weight excluding hydrogens is 373 g/mol. The molecule has 2 rings (SSSR count). The highest BCUT2D eigenvalue weighted by molar-refractivity contribution is 7.89. The van der Waals surface area contributed by atoms with Crippen LogP contribution in [0.15, 0.2) is 47.4 Å². The van der Waals surface area contributed by atoms with Crippen LogP contribution in [0.5, 0.6) is 0 Å². The molecule has 0 heterocycles. The maximum absolute atomic E-state index is 12.5. The van der Waals surface area contributed by atoms with Crippen molar-refractivity contribution in [3.8, 4) is 0 Å². The van der Waals surface area contributed by atoms with Crippen LogP contribution >= 0.6 is 23.2 Å². The summed E-state index contributed by atoms with van der Waals surface area (Å²) in [4.78, 5) is 11.5. The molecule has 5 nitrogen and oxygen atoms in total. The molecule has 0 spiro atoms. The van der Waals surface area contributed by atoms with E-state index in [2.05, 4.69) is 9.46 Å². The molecule has 0 bridgehead atoms. The second-order valence-corrected chi connectivity index (χ2v) is 7.59. The molecular formula is C16H15Cl2NO4S. The Bertz CT molecular complexity index is 868. The third-order valence-electron chi connectivity index (χ3n) is 3.33. The van der Waals surface area contributed by atoms with Crippen LogP contribution in [0, 0.1) is 0 Å². The lowest BCUT2D eigenvalue weighted by Gasteiger charge is -2.16. The summed E-state index contributed by atoms with van der Waals surface area (Å²) in [5.41, 5.74) is 0.742. The molecule has 24 heavy (non-hydrogen) atoms. The molecule has 0 amide bonds. The van der Waals surface area contributed by atoms with Gasteiger partial charge in [0.05, 0.1) is 17.6 Å². The quantitative estimate of drug-likeness (QED) is 0.791. The van der Waals surface area contributed by atoms with Crippen LogP contribution < -0.4 is 4.72 Å². The molecule has 128 valence electrons. The highest BCUT2D eigenvalue weighted by atomic mass is 35.5. The van der Waals surface area contributed by atoms with Crippen LogP contribution in [0.25, 0.3) is 0 Å². The van der Waals surface area contributed by atoms with Gasteiger partial charge in [-0.25, -0.2) is 17.9 Å². The minimum atomic E-state index is -3.85. The van der Waals surface area contributed by atoms with E-state index in [0.29, 0.717) is 15.6 Å². The van der Waals surface area contributed by atoms with E-state index in [4.69, 9.17) is 23.2 Å². The molecule has 1 unspecified atom stereocenters. The molecule has 0 aliphatic rings. The van der Waals surface area contributed by atoms with Crippen molar-refractivity contribution in [3.05, 3.63) is 63.6 Å². The normalized spacial score (nSPS) is 12.7. The first kappa shape index (κ1) is 18.7. The fourth-order valence-electron chi connectivity index (χ4n) is 2.13. The lowest BCUT2D eigenvalue weighted by molar-refractivity contribution is 0.0600. The van der Waals surface area contributed by atoms with Crippen LogP contribution in [-0.2, 0) is 14.8 Å². The zero-order valence-electron chi connectivity index (χ0n) is 12.9. The minimum Gasteiger partial charge on any atom is -0.465 e. The highest BCUT2D eigenvalue weighted by Gasteiger charge is 2.21. The van der Waals surface area contributed by atoms with Gasteiger partial charge in [0, 0.05) is 16.1 Å². The molecule has 2 aromatic carbocycles. The summed E-state index contributed by atoms with van der Waals surface area (Å²) in [5, 5.41) is 0.825. The van der Waals surface area contributed by atoms with Crippen molar-refractivity contribution in [2.45, 2.75) is 17.9 Å². The standard InChI is InChI=1S/C16H15Cl2NO4S/c1-10(14-7-6-12(17)9-15(14)18)19-24(21,22)13-5-3-4-11(8-13)16(20)23-2/h3-10,19H,1-2H3.